The molecule has 1 aliphatic carbocycles. The van der Waals surface area contributed by atoms with E-state index in [-0.39, 0.29) is 22.8 Å². The number of rotatable bonds is 4. The standard InChI is InChI=1S/C14H21FN2O3S/c1-10-7-11(8-12(16)13(10)15)21(19,20)17-14(9-18)5-3-2-4-6-14/h7-8,17-18H,2-6,9,16H2,1H3. The maximum absolute atomic E-state index is 13.5. The van der Waals surface area contributed by atoms with Crippen molar-refractivity contribution in [1.29, 1.82) is 0 Å². The van der Waals surface area contributed by atoms with Crippen molar-refractivity contribution in [2.24, 2.45) is 0 Å². The molecule has 118 valence electrons. The molecule has 1 aromatic carbocycles. The van der Waals surface area contributed by atoms with Crippen LogP contribution in [0.3, 0.4) is 0 Å². The second kappa shape index (κ2) is 5.90. The summed E-state index contributed by atoms with van der Waals surface area (Å²) in [6, 6.07) is 2.36. The van der Waals surface area contributed by atoms with E-state index in [2.05, 4.69) is 4.72 Å². The lowest BCUT2D eigenvalue weighted by molar-refractivity contribution is 0.142. The predicted octanol–water partition coefficient (Wildman–Crippen LogP) is 1.69. The van der Waals surface area contributed by atoms with Gasteiger partial charge >= 0.3 is 0 Å². The largest absolute Gasteiger partial charge is 0.396 e. The third kappa shape index (κ3) is 3.36. The van der Waals surface area contributed by atoms with Gasteiger partial charge in [0.25, 0.3) is 0 Å². The summed E-state index contributed by atoms with van der Waals surface area (Å²) >= 11 is 0. The molecule has 0 radical (unpaired) electrons. The molecule has 0 saturated heterocycles. The first-order valence-electron chi connectivity index (χ1n) is 7.00. The van der Waals surface area contributed by atoms with Crippen molar-refractivity contribution >= 4 is 15.7 Å². The van der Waals surface area contributed by atoms with Gasteiger partial charge < -0.3 is 10.8 Å². The molecule has 21 heavy (non-hydrogen) atoms. The lowest BCUT2D eigenvalue weighted by Crippen LogP contribution is -2.52. The predicted molar refractivity (Wildman–Crippen MR) is 78.8 cm³/mol. The van der Waals surface area contributed by atoms with Crippen LogP contribution in [-0.4, -0.2) is 25.7 Å². The lowest BCUT2D eigenvalue weighted by Gasteiger charge is -2.36. The fourth-order valence-corrected chi connectivity index (χ4v) is 4.35. The van der Waals surface area contributed by atoms with Crippen LogP contribution in [0.5, 0.6) is 0 Å². The zero-order valence-corrected chi connectivity index (χ0v) is 12.8. The number of sulfonamides is 1. The van der Waals surface area contributed by atoms with Crippen LogP contribution in [0.4, 0.5) is 10.1 Å². The number of halogens is 1. The first-order valence-corrected chi connectivity index (χ1v) is 8.48. The lowest BCUT2D eigenvalue weighted by atomic mass is 9.83. The Morgan fingerprint density at radius 3 is 2.48 bits per heavy atom. The van der Waals surface area contributed by atoms with Gasteiger partial charge in [0.2, 0.25) is 10.0 Å². The Morgan fingerprint density at radius 2 is 1.95 bits per heavy atom. The van der Waals surface area contributed by atoms with E-state index in [1.807, 2.05) is 0 Å². The minimum Gasteiger partial charge on any atom is -0.396 e. The molecular formula is C14H21FN2O3S. The molecule has 0 unspecified atom stereocenters. The summed E-state index contributed by atoms with van der Waals surface area (Å²) in [5.41, 5.74) is 4.66. The Kier molecular flexibility index (Phi) is 4.55. The van der Waals surface area contributed by atoms with E-state index in [0.29, 0.717) is 12.8 Å². The molecule has 1 fully saturated rings. The molecule has 5 nitrogen and oxygen atoms in total. The summed E-state index contributed by atoms with van der Waals surface area (Å²) in [4.78, 5) is -0.0719. The minimum absolute atomic E-state index is 0.0719. The average Bonchev–Trinajstić information content (AvgIpc) is 2.44. The van der Waals surface area contributed by atoms with Gasteiger partial charge in [-0.3, -0.25) is 0 Å². The van der Waals surface area contributed by atoms with Crippen molar-refractivity contribution in [2.45, 2.75) is 49.5 Å². The summed E-state index contributed by atoms with van der Waals surface area (Å²) in [7, 11) is -3.85. The number of aryl methyl sites for hydroxylation is 1. The molecule has 7 heteroatoms. The molecule has 4 N–H and O–H groups in total. The quantitative estimate of drug-likeness (QED) is 0.737. The zero-order valence-electron chi connectivity index (χ0n) is 12.0. The van der Waals surface area contributed by atoms with Crippen molar-refractivity contribution in [2.75, 3.05) is 12.3 Å². The molecule has 1 aromatic rings. The Morgan fingerprint density at radius 1 is 1.33 bits per heavy atom. The van der Waals surface area contributed by atoms with Gasteiger partial charge in [0, 0.05) is 0 Å². The maximum atomic E-state index is 13.5. The Hall–Kier alpha value is -1.18. The van der Waals surface area contributed by atoms with Crippen LogP contribution in [0.15, 0.2) is 17.0 Å². The first kappa shape index (κ1) is 16.2. The van der Waals surface area contributed by atoms with Crippen molar-refractivity contribution < 1.29 is 17.9 Å². The van der Waals surface area contributed by atoms with Gasteiger partial charge in [-0.1, -0.05) is 19.3 Å². The molecule has 1 saturated carbocycles. The topological polar surface area (TPSA) is 92.4 Å². The molecule has 0 amide bonds. The van der Waals surface area contributed by atoms with E-state index in [1.165, 1.54) is 13.0 Å². The van der Waals surface area contributed by atoms with Crippen LogP contribution >= 0.6 is 0 Å². The highest BCUT2D eigenvalue weighted by atomic mass is 32.2. The van der Waals surface area contributed by atoms with Gasteiger partial charge in [-0.2, -0.15) is 0 Å². The second-order valence-corrected chi connectivity index (χ2v) is 7.43. The van der Waals surface area contributed by atoms with Gasteiger partial charge in [0.05, 0.1) is 22.7 Å². The number of nitrogens with two attached hydrogens (primary N) is 1. The summed E-state index contributed by atoms with van der Waals surface area (Å²) in [6.07, 6.45) is 3.96. The summed E-state index contributed by atoms with van der Waals surface area (Å²) in [5.74, 6) is -0.608. The number of aliphatic hydroxyl groups is 1. The number of benzene rings is 1. The number of aliphatic hydroxyl groups excluding tert-OH is 1. The van der Waals surface area contributed by atoms with Crippen molar-refractivity contribution in [3.8, 4) is 0 Å². The number of nitrogen functional groups attached to an aromatic ring is 1. The Bertz CT molecular complexity index is 602. The van der Waals surface area contributed by atoms with E-state index in [0.717, 1.165) is 25.3 Å². The molecule has 0 aromatic heterocycles. The molecular weight excluding hydrogens is 295 g/mol. The van der Waals surface area contributed by atoms with Crippen molar-refractivity contribution in [3.05, 3.63) is 23.5 Å². The molecule has 1 aliphatic rings. The van der Waals surface area contributed by atoms with Crippen LogP contribution in [0.25, 0.3) is 0 Å². The number of hydrogen-bond acceptors (Lipinski definition) is 4. The van der Waals surface area contributed by atoms with E-state index < -0.39 is 21.4 Å². The van der Waals surface area contributed by atoms with Gasteiger partial charge in [-0.25, -0.2) is 17.5 Å². The minimum atomic E-state index is -3.85. The molecule has 2 rings (SSSR count). The number of nitrogens with one attached hydrogen (secondary N) is 1. The highest BCUT2D eigenvalue weighted by Gasteiger charge is 2.36. The zero-order chi connectivity index (χ0) is 15.7. The fourth-order valence-electron chi connectivity index (χ4n) is 2.78. The smallest absolute Gasteiger partial charge is 0.241 e. The van der Waals surface area contributed by atoms with E-state index >= 15 is 0 Å². The van der Waals surface area contributed by atoms with Crippen LogP contribution in [0.1, 0.15) is 37.7 Å². The fraction of sp³-hybridized carbons (Fsp3) is 0.571. The first-order chi connectivity index (χ1) is 9.80. The normalized spacial score (nSPS) is 18.6. The molecule has 0 bridgehead atoms. The van der Waals surface area contributed by atoms with Crippen LogP contribution in [0.2, 0.25) is 0 Å². The van der Waals surface area contributed by atoms with Crippen LogP contribution < -0.4 is 10.5 Å². The van der Waals surface area contributed by atoms with Crippen LogP contribution in [0, 0.1) is 12.7 Å². The Labute approximate surface area is 124 Å². The molecule has 0 spiro atoms. The van der Waals surface area contributed by atoms with Gasteiger partial charge in [-0.05, 0) is 37.5 Å². The summed E-state index contributed by atoms with van der Waals surface area (Å²) in [6.45, 7) is 1.22. The van der Waals surface area contributed by atoms with E-state index in [4.69, 9.17) is 5.73 Å². The highest BCUT2D eigenvalue weighted by Crippen LogP contribution is 2.30. The van der Waals surface area contributed by atoms with E-state index in [1.54, 1.807) is 0 Å². The summed E-state index contributed by atoms with van der Waals surface area (Å²) < 4.78 is 41.1. The summed E-state index contributed by atoms with van der Waals surface area (Å²) in [5, 5.41) is 9.59. The van der Waals surface area contributed by atoms with Crippen molar-refractivity contribution in [1.82, 2.24) is 4.72 Å². The molecule has 0 aliphatic heterocycles. The molecule has 0 atom stereocenters. The SMILES string of the molecule is Cc1cc(S(=O)(=O)NC2(CO)CCCCC2)cc(N)c1F. The number of hydrogen-bond donors (Lipinski definition) is 3. The average molecular weight is 316 g/mol. The number of anilines is 1. The highest BCUT2D eigenvalue weighted by molar-refractivity contribution is 7.89. The molecule has 0 heterocycles. The maximum Gasteiger partial charge on any atom is 0.241 e. The van der Waals surface area contributed by atoms with Gasteiger partial charge in [0.1, 0.15) is 5.82 Å². The second-order valence-electron chi connectivity index (χ2n) is 5.75. The van der Waals surface area contributed by atoms with Crippen LogP contribution in [-0.2, 0) is 10.0 Å². The van der Waals surface area contributed by atoms with Crippen molar-refractivity contribution in [3.63, 3.8) is 0 Å². The third-order valence-electron chi connectivity index (χ3n) is 4.03. The van der Waals surface area contributed by atoms with Gasteiger partial charge in [-0.15, -0.1) is 0 Å². The monoisotopic (exact) mass is 316 g/mol. The van der Waals surface area contributed by atoms with Gasteiger partial charge in [0.15, 0.2) is 0 Å². The Balaban J connectivity index is 2.33. The van der Waals surface area contributed by atoms with E-state index in [9.17, 15) is 17.9 Å². The third-order valence-corrected chi connectivity index (χ3v) is 5.59.